The summed E-state index contributed by atoms with van der Waals surface area (Å²) in [6.07, 6.45) is 0.348. The molecule has 0 amide bonds. The maximum atomic E-state index is 9.63. The highest BCUT2D eigenvalue weighted by Crippen LogP contribution is 2.26. The minimum absolute atomic E-state index is 0.502. The molecule has 16 heavy (non-hydrogen) atoms. The number of methoxy groups -OCH3 is 1. The van der Waals surface area contributed by atoms with Crippen LogP contribution < -0.4 is 4.74 Å². The van der Waals surface area contributed by atoms with Crippen molar-refractivity contribution in [2.24, 2.45) is 0 Å². The van der Waals surface area contributed by atoms with Gasteiger partial charge in [-0.05, 0) is 26.0 Å². The third-order valence-electron chi connectivity index (χ3n) is 2.37. The summed E-state index contributed by atoms with van der Waals surface area (Å²) in [6.45, 7) is 5.05. The average molecular weight is 224 g/mol. The Morgan fingerprint density at radius 1 is 1.31 bits per heavy atom. The molecule has 1 atom stereocenters. The van der Waals surface area contributed by atoms with E-state index in [1.54, 1.807) is 14.0 Å². The van der Waals surface area contributed by atoms with Crippen LogP contribution in [0.5, 0.6) is 5.75 Å². The minimum Gasteiger partial charge on any atom is -0.493 e. The highest BCUT2D eigenvalue weighted by Gasteiger charge is 2.09. The van der Waals surface area contributed by atoms with Gasteiger partial charge in [0.15, 0.2) is 0 Å². The van der Waals surface area contributed by atoms with Gasteiger partial charge in [-0.3, -0.25) is 0 Å². The van der Waals surface area contributed by atoms with E-state index in [-0.39, 0.29) is 0 Å². The van der Waals surface area contributed by atoms with E-state index < -0.39 is 6.10 Å². The topological polar surface area (TPSA) is 38.7 Å². The van der Waals surface area contributed by atoms with Gasteiger partial charge >= 0.3 is 0 Å². The van der Waals surface area contributed by atoms with Crippen molar-refractivity contribution in [2.45, 2.75) is 26.4 Å². The van der Waals surface area contributed by atoms with Crippen molar-refractivity contribution in [1.29, 1.82) is 0 Å². The van der Waals surface area contributed by atoms with Gasteiger partial charge in [-0.1, -0.05) is 11.6 Å². The maximum Gasteiger partial charge on any atom is 0.125 e. The molecule has 1 N–H and O–H groups in total. The molecule has 90 valence electrons. The molecule has 3 nitrogen and oxygen atoms in total. The number of aliphatic hydroxyl groups excluding tert-OH is 1. The second-order valence-electron chi connectivity index (χ2n) is 3.91. The summed E-state index contributed by atoms with van der Waals surface area (Å²) in [6, 6.07) is 5.85. The number of aliphatic hydroxyl groups is 1. The number of hydrogen-bond donors (Lipinski definition) is 1. The standard InChI is InChI=1S/C13H20O3/c1-10-5-6-13(12(9-10)11(2)14)16-8-4-7-15-3/h5-6,9,11,14H,4,7-8H2,1-3H3. The Kier molecular flexibility index (Phi) is 5.29. The molecule has 1 aromatic rings. The summed E-state index contributed by atoms with van der Waals surface area (Å²) in [7, 11) is 1.67. The highest BCUT2D eigenvalue weighted by atomic mass is 16.5. The van der Waals surface area contributed by atoms with E-state index in [0.717, 1.165) is 23.3 Å². The van der Waals surface area contributed by atoms with Gasteiger partial charge in [-0.15, -0.1) is 0 Å². The smallest absolute Gasteiger partial charge is 0.125 e. The average Bonchev–Trinajstić information content (AvgIpc) is 2.26. The number of hydrogen-bond acceptors (Lipinski definition) is 3. The fourth-order valence-corrected chi connectivity index (χ4v) is 1.51. The van der Waals surface area contributed by atoms with Crippen molar-refractivity contribution in [3.05, 3.63) is 29.3 Å². The maximum absolute atomic E-state index is 9.63. The molecule has 0 saturated carbocycles. The van der Waals surface area contributed by atoms with Crippen molar-refractivity contribution in [1.82, 2.24) is 0 Å². The zero-order valence-corrected chi connectivity index (χ0v) is 10.2. The summed E-state index contributed by atoms with van der Waals surface area (Å²) in [5, 5.41) is 9.63. The molecule has 0 bridgehead atoms. The van der Waals surface area contributed by atoms with Crippen molar-refractivity contribution in [3.8, 4) is 5.75 Å². The Morgan fingerprint density at radius 3 is 2.69 bits per heavy atom. The van der Waals surface area contributed by atoms with Crippen LogP contribution in [-0.4, -0.2) is 25.4 Å². The van der Waals surface area contributed by atoms with Crippen LogP contribution in [-0.2, 0) is 4.74 Å². The summed E-state index contributed by atoms with van der Waals surface area (Å²) in [5.41, 5.74) is 1.97. The first-order valence-electron chi connectivity index (χ1n) is 5.55. The van der Waals surface area contributed by atoms with Crippen molar-refractivity contribution < 1.29 is 14.6 Å². The zero-order chi connectivity index (χ0) is 12.0. The molecular formula is C13H20O3. The van der Waals surface area contributed by atoms with Crippen molar-refractivity contribution >= 4 is 0 Å². The molecule has 0 aliphatic heterocycles. The summed E-state index contributed by atoms with van der Waals surface area (Å²) in [5.74, 6) is 0.761. The SMILES string of the molecule is COCCCOc1ccc(C)cc1C(C)O. The Morgan fingerprint density at radius 2 is 2.06 bits per heavy atom. The van der Waals surface area contributed by atoms with Crippen LogP contribution in [0.1, 0.15) is 30.6 Å². The van der Waals surface area contributed by atoms with E-state index in [1.165, 1.54) is 0 Å². The lowest BCUT2D eigenvalue weighted by Crippen LogP contribution is -2.04. The largest absolute Gasteiger partial charge is 0.493 e. The second-order valence-corrected chi connectivity index (χ2v) is 3.91. The molecular weight excluding hydrogens is 204 g/mol. The van der Waals surface area contributed by atoms with E-state index in [2.05, 4.69) is 0 Å². The predicted molar refractivity (Wildman–Crippen MR) is 63.8 cm³/mol. The molecule has 0 heterocycles. The lowest BCUT2D eigenvalue weighted by atomic mass is 10.1. The Balaban J connectivity index is 2.64. The van der Waals surface area contributed by atoms with Gasteiger partial charge in [0.25, 0.3) is 0 Å². The van der Waals surface area contributed by atoms with Gasteiger partial charge in [0.2, 0.25) is 0 Å². The molecule has 1 rings (SSSR count). The molecule has 3 heteroatoms. The summed E-state index contributed by atoms with van der Waals surface area (Å²) >= 11 is 0. The van der Waals surface area contributed by atoms with Crippen molar-refractivity contribution in [2.75, 3.05) is 20.3 Å². The summed E-state index contributed by atoms with van der Waals surface area (Å²) < 4.78 is 10.6. The zero-order valence-electron chi connectivity index (χ0n) is 10.2. The quantitative estimate of drug-likeness (QED) is 0.754. The van der Waals surface area contributed by atoms with Gasteiger partial charge in [0.1, 0.15) is 5.75 Å². The Labute approximate surface area is 97.0 Å². The first-order chi connectivity index (χ1) is 7.65. The Bertz CT molecular complexity index is 321. The third-order valence-corrected chi connectivity index (χ3v) is 2.37. The van der Waals surface area contributed by atoms with Gasteiger partial charge in [-0.2, -0.15) is 0 Å². The number of aryl methyl sites for hydroxylation is 1. The highest BCUT2D eigenvalue weighted by molar-refractivity contribution is 5.38. The van der Waals surface area contributed by atoms with E-state index in [4.69, 9.17) is 9.47 Å². The molecule has 0 aromatic heterocycles. The molecule has 0 spiro atoms. The first kappa shape index (κ1) is 13.0. The van der Waals surface area contributed by atoms with E-state index in [9.17, 15) is 5.11 Å². The molecule has 0 aliphatic rings. The van der Waals surface area contributed by atoms with Crippen LogP contribution >= 0.6 is 0 Å². The lowest BCUT2D eigenvalue weighted by Gasteiger charge is -2.14. The fourth-order valence-electron chi connectivity index (χ4n) is 1.51. The minimum atomic E-state index is -0.502. The van der Waals surface area contributed by atoms with E-state index in [0.29, 0.717) is 13.2 Å². The first-order valence-corrected chi connectivity index (χ1v) is 5.55. The number of benzene rings is 1. The fraction of sp³-hybridized carbons (Fsp3) is 0.538. The van der Waals surface area contributed by atoms with Gasteiger partial charge in [-0.25, -0.2) is 0 Å². The van der Waals surface area contributed by atoms with Crippen LogP contribution in [0.15, 0.2) is 18.2 Å². The van der Waals surface area contributed by atoms with Crippen LogP contribution in [0, 0.1) is 6.92 Å². The summed E-state index contributed by atoms with van der Waals surface area (Å²) in [4.78, 5) is 0. The van der Waals surface area contributed by atoms with E-state index in [1.807, 2.05) is 25.1 Å². The van der Waals surface area contributed by atoms with E-state index >= 15 is 0 Å². The molecule has 0 radical (unpaired) electrons. The molecule has 0 saturated heterocycles. The van der Waals surface area contributed by atoms with Gasteiger partial charge in [0.05, 0.1) is 12.7 Å². The van der Waals surface area contributed by atoms with Gasteiger partial charge < -0.3 is 14.6 Å². The molecule has 1 aromatic carbocycles. The molecule has 0 aliphatic carbocycles. The monoisotopic (exact) mass is 224 g/mol. The van der Waals surface area contributed by atoms with Crippen LogP contribution in [0.25, 0.3) is 0 Å². The van der Waals surface area contributed by atoms with Crippen molar-refractivity contribution in [3.63, 3.8) is 0 Å². The van der Waals surface area contributed by atoms with Crippen LogP contribution in [0.3, 0.4) is 0 Å². The van der Waals surface area contributed by atoms with Gasteiger partial charge in [0, 0.05) is 25.7 Å². The molecule has 0 fully saturated rings. The predicted octanol–water partition coefficient (Wildman–Crippen LogP) is 2.46. The number of rotatable bonds is 6. The van der Waals surface area contributed by atoms with Crippen LogP contribution in [0.2, 0.25) is 0 Å². The normalized spacial score (nSPS) is 12.5. The second kappa shape index (κ2) is 6.51. The lowest BCUT2D eigenvalue weighted by molar-refractivity contribution is 0.166. The van der Waals surface area contributed by atoms with Crippen LogP contribution in [0.4, 0.5) is 0 Å². The number of ether oxygens (including phenoxy) is 2. The molecule has 1 unspecified atom stereocenters. The Hall–Kier alpha value is -1.06. The third kappa shape index (κ3) is 3.83.